The van der Waals surface area contributed by atoms with Crippen LogP contribution in [0, 0.1) is 5.82 Å². The van der Waals surface area contributed by atoms with Gasteiger partial charge in [-0.15, -0.1) is 5.10 Å². The summed E-state index contributed by atoms with van der Waals surface area (Å²) in [4.78, 5) is 10.8. The number of hydrogen-bond donors (Lipinski definition) is 1. The highest BCUT2D eigenvalue weighted by Gasteiger charge is 2.51. The van der Waals surface area contributed by atoms with Crippen molar-refractivity contribution in [1.82, 2.24) is 15.0 Å². The van der Waals surface area contributed by atoms with Crippen LogP contribution in [0.25, 0.3) is 0 Å². The van der Waals surface area contributed by atoms with E-state index in [1.165, 1.54) is 16.9 Å². The van der Waals surface area contributed by atoms with Crippen LogP contribution < -0.4 is 5.46 Å². The second-order valence-electron chi connectivity index (χ2n) is 7.05. The second kappa shape index (κ2) is 5.92. The Bertz CT molecular complexity index is 805. The van der Waals surface area contributed by atoms with Gasteiger partial charge in [0.05, 0.1) is 23.9 Å². The molecule has 7 nitrogen and oxygen atoms in total. The minimum atomic E-state index is -1.18. The van der Waals surface area contributed by atoms with Crippen molar-refractivity contribution in [3.8, 4) is 0 Å². The van der Waals surface area contributed by atoms with E-state index >= 15 is 0 Å². The Labute approximate surface area is 144 Å². The van der Waals surface area contributed by atoms with Crippen molar-refractivity contribution >= 4 is 18.6 Å². The monoisotopic (exact) mass is 347 g/mol. The number of carboxylic acid groups (broad SMARTS) is 1. The molecular formula is C16H19BFN3O4. The molecule has 3 rings (SSSR count). The number of hydrogen-bond acceptors (Lipinski definition) is 5. The molecule has 2 aromatic rings. The molecule has 1 aromatic heterocycles. The number of benzene rings is 1. The minimum Gasteiger partial charge on any atom is -0.476 e. The van der Waals surface area contributed by atoms with Crippen LogP contribution in [0.3, 0.4) is 0 Å². The van der Waals surface area contributed by atoms with Crippen LogP contribution in [0.4, 0.5) is 4.39 Å². The molecule has 1 fully saturated rings. The first-order valence-electron chi connectivity index (χ1n) is 7.86. The predicted octanol–water partition coefficient (Wildman–Crippen LogP) is 1.46. The van der Waals surface area contributed by atoms with E-state index < -0.39 is 30.1 Å². The molecule has 0 unspecified atom stereocenters. The lowest BCUT2D eigenvalue weighted by atomic mass is 9.78. The summed E-state index contributed by atoms with van der Waals surface area (Å²) in [6, 6.07) is 4.71. The Kier molecular flexibility index (Phi) is 4.16. The third-order valence-electron chi connectivity index (χ3n) is 4.69. The van der Waals surface area contributed by atoms with Crippen molar-refractivity contribution in [1.29, 1.82) is 0 Å². The molecule has 0 aliphatic carbocycles. The van der Waals surface area contributed by atoms with Crippen LogP contribution in [0.15, 0.2) is 24.4 Å². The molecule has 1 aliphatic heterocycles. The summed E-state index contributed by atoms with van der Waals surface area (Å²) in [6.45, 7) is 7.81. The van der Waals surface area contributed by atoms with E-state index in [1.807, 2.05) is 27.7 Å². The number of carboxylic acids is 1. The molecule has 1 aliphatic rings. The number of rotatable bonds is 4. The Balaban J connectivity index is 1.78. The summed E-state index contributed by atoms with van der Waals surface area (Å²) < 4.78 is 27.5. The SMILES string of the molecule is CC1(C)OB(c2ccc(Cn3cc(C(=O)O)nn3)c(F)c2)OC1(C)C. The van der Waals surface area contributed by atoms with E-state index in [2.05, 4.69) is 10.3 Å². The predicted molar refractivity (Wildman–Crippen MR) is 88.2 cm³/mol. The number of nitrogens with zero attached hydrogens (tertiary/aromatic N) is 3. The summed E-state index contributed by atoms with van der Waals surface area (Å²) in [5, 5.41) is 16.0. The van der Waals surface area contributed by atoms with Crippen molar-refractivity contribution in [2.45, 2.75) is 45.4 Å². The first-order chi connectivity index (χ1) is 11.6. The summed E-state index contributed by atoms with van der Waals surface area (Å²) in [5.41, 5.74) is -0.234. The van der Waals surface area contributed by atoms with Crippen LogP contribution in [-0.4, -0.2) is 44.4 Å². The van der Waals surface area contributed by atoms with Gasteiger partial charge in [0.1, 0.15) is 5.82 Å². The van der Waals surface area contributed by atoms with Gasteiger partial charge < -0.3 is 14.4 Å². The van der Waals surface area contributed by atoms with E-state index in [0.717, 1.165) is 0 Å². The van der Waals surface area contributed by atoms with Crippen LogP contribution in [-0.2, 0) is 15.9 Å². The zero-order chi connectivity index (χ0) is 18.4. The number of aromatic nitrogens is 3. The van der Waals surface area contributed by atoms with E-state index in [4.69, 9.17) is 14.4 Å². The fourth-order valence-corrected chi connectivity index (χ4v) is 2.47. The Hall–Kier alpha value is -2.26. The van der Waals surface area contributed by atoms with Crippen LogP contribution in [0.2, 0.25) is 0 Å². The first kappa shape index (κ1) is 17.6. The van der Waals surface area contributed by atoms with Gasteiger partial charge in [0.15, 0.2) is 5.69 Å². The molecule has 0 amide bonds. The van der Waals surface area contributed by atoms with Gasteiger partial charge in [0, 0.05) is 5.56 Å². The molecular weight excluding hydrogens is 328 g/mol. The van der Waals surface area contributed by atoms with Crippen LogP contribution in [0.1, 0.15) is 43.7 Å². The maximum absolute atomic E-state index is 14.5. The van der Waals surface area contributed by atoms with Crippen molar-refractivity contribution in [2.24, 2.45) is 0 Å². The van der Waals surface area contributed by atoms with Gasteiger partial charge in [-0.3, -0.25) is 0 Å². The number of aromatic carboxylic acids is 1. The molecule has 2 heterocycles. The number of carbonyl (C=O) groups is 1. The van der Waals surface area contributed by atoms with Crippen LogP contribution >= 0.6 is 0 Å². The molecule has 0 atom stereocenters. The summed E-state index contributed by atoms with van der Waals surface area (Å²) >= 11 is 0. The molecule has 1 aromatic carbocycles. The van der Waals surface area contributed by atoms with E-state index in [9.17, 15) is 9.18 Å². The molecule has 0 radical (unpaired) electrons. The average Bonchev–Trinajstić information content (AvgIpc) is 3.04. The quantitative estimate of drug-likeness (QED) is 0.843. The zero-order valence-electron chi connectivity index (χ0n) is 14.5. The van der Waals surface area contributed by atoms with Gasteiger partial charge in [-0.25, -0.2) is 13.9 Å². The van der Waals surface area contributed by atoms with Crippen molar-refractivity contribution in [3.05, 3.63) is 41.5 Å². The summed E-state index contributed by atoms with van der Waals surface area (Å²) in [5.74, 6) is -1.62. The van der Waals surface area contributed by atoms with Gasteiger partial charge >= 0.3 is 13.1 Å². The zero-order valence-corrected chi connectivity index (χ0v) is 14.5. The molecule has 1 saturated heterocycles. The van der Waals surface area contributed by atoms with E-state index in [0.29, 0.717) is 11.0 Å². The normalized spacial score (nSPS) is 18.5. The highest BCUT2D eigenvalue weighted by molar-refractivity contribution is 6.62. The minimum absolute atomic E-state index is 0.0791. The lowest BCUT2D eigenvalue weighted by molar-refractivity contribution is 0.00578. The van der Waals surface area contributed by atoms with Crippen LogP contribution in [0.5, 0.6) is 0 Å². The van der Waals surface area contributed by atoms with E-state index in [1.54, 1.807) is 12.1 Å². The van der Waals surface area contributed by atoms with Gasteiger partial charge in [-0.1, -0.05) is 17.3 Å². The topological polar surface area (TPSA) is 86.5 Å². The van der Waals surface area contributed by atoms with Crippen molar-refractivity contribution in [2.75, 3.05) is 0 Å². The first-order valence-corrected chi connectivity index (χ1v) is 7.86. The maximum Gasteiger partial charge on any atom is 0.494 e. The third kappa shape index (κ3) is 3.29. The molecule has 132 valence electrons. The fourth-order valence-electron chi connectivity index (χ4n) is 2.47. The molecule has 0 spiro atoms. The van der Waals surface area contributed by atoms with E-state index in [-0.39, 0.29) is 12.2 Å². The molecule has 1 N–H and O–H groups in total. The molecule has 0 saturated carbocycles. The van der Waals surface area contributed by atoms with Gasteiger partial charge in [-0.05, 0) is 39.2 Å². The second-order valence-corrected chi connectivity index (χ2v) is 7.05. The highest BCUT2D eigenvalue weighted by atomic mass is 19.1. The van der Waals surface area contributed by atoms with Gasteiger partial charge in [0.2, 0.25) is 0 Å². The van der Waals surface area contributed by atoms with Crippen molar-refractivity contribution in [3.63, 3.8) is 0 Å². The standard InChI is InChI=1S/C16H19BFN3O4/c1-15(2)16(3,4)25-17(24-15)11-6-5-10(12(18)7-11)8-21-9-13(14(22)23)19-20-21/h5-7,9H,8H2,1-4H3,(H,22,23). The molecule has 9 heteroatoms. The molecule has 25 heavy (non-hydrogen) atoms. The molecule has 0 bridgehead atoms. The lowest BCUT2D eigenvalue weighted by Gasteiger charge is -2.32. The van der Waals surface area contributed by atoms with Gasteiger partial charge in [-0.2, -0.15) is 0 Å². The summed E-state index contributed by atoms with van der Waals surface area (Å²) in [6.07, 6.45) is 1.25. The maximum atomic E-state index is 14.5. The Morgan fingerprint density at radius 2 is 1.92 bits per heavy atom. The summed E-state index contributed by atoms with van der Waals surface area (Å²) in [7, 11) is -0.640. The van der Waals surface area contributed by atoms with Crippen molar-refractivity contribution < 1.29 is 23.6 Å². The fraction of sp³-hybridized carbons (Fsp3) is 0.438. The average molecular weight is 347 g/mol. The highest BCUT2D eigenvalue weighted by Crippen LogP contribution is 2.36. The van der Waals surface area contributed by atoms with Gasteiger partial charge in [0.25, 0.3) is 0 Å². The smallest absolute Gasteiger partial charge is 0.476 e. The number of halogens is 1. The Morgan fingerprint density at radius 3 is 2.44 bits per heavy atom. The largest absolute Gasteiger partial charge is 0.494 e. The lowest BCUT2D eigenvalue weighted by Crippen LogP contribution is -2.41. The Morgan fingerprint density at radius 1 is 1.28 bits per heavy atom. The third-order valence-corrected chi connectivity index (χ3v) is 4.69.